The molecule has 3 atom stereocenters. The number of pyridine rings is 1. The van der Waals surface area contributed by atoms with Crippen LogP contribution in [0.3, 0.4) is 0 Å². The van der Waals surface area contributed by atoms with Crippen LogP contribution in [0.5, 0.6) is 0 Å². The maximum Gasteiger partial charge on any atom is 0.229 e. The van der Waals surface area contributed by atoms with E-state index in [2.05, 4.69) is 25.3 Å². The molecule has 0 bridgehead atoms. The van der Waals surface area contributed by atoms with E-state index in [0.29, 0.717) is 35.8 Å². The van der Waals surface area contributed by atoms with Crippen LogP contribution in [0.15, 0.2) is 48.9 Å². The zero-order valence-corrected chi connectivity index (χ0v) is 21.5. The van der Waals surface area contributed by atoms with Crippen LogP contribution in [0.1, 0.15) is 26.3 Å². The molecule has 1 aliphatic rings. The van der Waals surface area contributed by atoms with E-state index < -0.39 is 17.7 Å². The second kappa shape index (κ2) is 10.6. The maximum absolute atomic E-state index is 15.0. The monoisotopic (exact) mass is 523 g/mol. The Morgan fingerprint density at radius 1 is 1.16 bits per heavy atom. The number of piperidine rings is 1. The zero-order valence-electron chi connectivity index (χ0n) is 21.5. The van der Waals surface area contributed by atoms with E-state index in [0.717, 1.165) is 5.69 Å². The van der Waals surface area contributed by atoms with Crippen LogP contribution < -0.4 is 16.0 Å². The largest absolute Gasteiger partial charge is 0.391 e. The highest BCUT2D eigenvalue weighted by molar-refractivity contribution is 5.74. The first-order chi connectivity index (χ1) is 18.2. The zero-order chi connectivity index (χ0) is 27.0. The molecule has 4 N–H and O–H groups in total. The normalized spacial score (nSPS) is 19.9. The molecule has 11 heteroatoms. The predicted octanol–water partition coefficient (Wildman–Crippen LogP) is 3.88. The summed E-state index contributed by atoms with van der Waals surface area (Å²) in [5, 5.41) is 18.0. The van der Waals surface area contributed by atoms with Crippen molar-refractivity contribution in [2.45, 2.75) is 45.6 Å². The van der Waals surface area contributed by atoms with Gasteiger partial charge in [-0.1, -0.05) is 6.92 Å². The van der Waals surface area contributed by atoms with Crippen molar-refractivity contribution >= 4 is 22.8 Å². The van der Waals surface area contributed by atoms with Gasteiger partial charge in [0.15, 0.2) is 0 Å². The number of imidazole rings is 1. The number of aliphatic hydroxyl groups is 1. The summed E-state index contributed by atoms with van der Waals surface area (Å²) in [6.07, 6.45) is 4.34. The minimum absolute atomic E-state index is 0.00985. The first kappa shape index (κ1) is 26.0. The average molecular weight is 524 g/mol. The quantitative estimate of drug-likeness (QED) is 0.335. The van der Waals surface area contributed by atoms with Gasteiger partial charge in [-0.05, 0) is 49.7 Å². The number of hydrogen-bond donors (Lipinski definition) is 3. The highest BCUT2D eigenvalue weighted by Crippen LogP contribution is 2.32. The summed E-state index contributed by atoms with van der Waals surface area (Å²) in [7, 11) is 0. The molecule has 9 nitrogen and oxygen atoms in total. The van der Waals surface area contributed by atoms with Gasteiger partial charge >= 0.3 is 0 Å². The van der Waals surface area contributed by atoms with Gasteiger partial charge in [-0.3, -0.25) is 4.98 Å². The molecule has 1 aromatic carbocycles. The Bertz CT molecular complexity index is 1410. The van der Waals surface area contributed by atoms with E-state index >= 15 is 8.78 Å². The number of halogens is 2. The van der Waals surface area contributed by atoms with Crippen molar-refractivity contribution in [3.05, 3.63) is 66.1 Å². The number of benzene rings is 1. The third-order valence-electron chi connectivity index (χ3n) is 6.67. The molecular formula is C27H31F2N7O2. The highest BCUT2D eigenvalue weighted by Gasteiger charge is 2.32. The Labute approximate surface area is 219 Å². The second-order valence-electron chi connectivity index (χ2n) is 9.99. The third kappa shape index (κ3) is 5.17. The van der Waals surface area contributed by atoms with Gasteiger partial charge in [0, 0.05) is 31.2 Å². The molecule has 0 saturated carbocycles. The standard InChI is InChI=1S/C27H31F2N7O2/c1-15(2)38-14-17-8-19(28)25(20(29)9-17)22-5-4-18-10-32-27(36(18)34-22)33-23-11-31-7-6-24(23)35-12-16(3)26(37)21(30)13-35/h4-11,15-16,21,26,37H,12-14,30H2,1-3H3,(H,32,33)/t16-,21+,26+/m0/s1. The van der Waals surface area contributed by atoms with Crippen LogP contribution >= 0.6 is 0 Å². The van der Waals surface area contributed by atoms with Crippen LogP contribution in [0.2, 0.25) is 0 Å². The van der Waals surface area contributed by atoms with Gasteiger partial charge < -0.3 is 25.8 Å². The van der Waals surface area contributed by atoms with Gasteiger partial charge in [-0.2, -0.15) is 9.61 Å². The third-order valence-corrected chi connectivity index (χ3v) is 6.67. The number of fused-ring (bicyclic) bond motifs is 1. The number of nitrogens with zero attached hydrogens (tertiary/aromatic N) is 5. The molecule has 1 fully saturated rings. The first-order valence-corrected chi connectivity index (χ1v) is 12.6. The lowest BCUT2D eigenvalue weighted by molar-refractivity contribution is 0.0654. The summed E-state index contributed by atoms with van der Waals surface area (Å²) < 4.78 is 37.0. The average Bonchev–Trinajstić information content (AvgIpc) is 3.27. The van der Waals surface area contributed by atoms with Crippen molar-refractivity contribution in [2.24, 2.45) is 11.7 Å². The van der Waals surface area contributed by atoms with Gasteiger partial charge in [-0.15, -0.1) is 0 Å². The number of hydrogen-bond acceptors (Lipinski definition) is 8. The van der Waals surface area contributed by atoms with Gasteiger partial charge in [0.05, 0.1) is 59.4 Å². The van der Waals surface area contributed by atoms with E-state index in [4.69, 9.17) is 10.5 Å². The number of rotatable bonds is 7. The molecule has 0 aliphatic carbocycles. The summed E-state index contributed by atoms with van der Waals surface area (Å²) >= 11 is 0. The lowest BCUT2D eigenvalue weighted by Crippen LogP contribution is -2.55. The topological polar surface area (TPSA) is 114 Å². The fourth-order valence-corrected chi connectivity index (χ4v) is 4.71. The highest BCUT2D eigenvalue weighted by atomic mass is 19.1. The fraction of sp³-hybridized carbons (Fsp3) is 0.370. The summed E-state index contributed by atoms with van der Waals surface area (Å²) in [6, 6.07) is 7.27. The SMILES string of the molecule is CC(C)OCc1cc(F)c(-c2ccc3cnc(Nc4cnccc4N4C[C@@H](N)[C@H](O)[C@@H](C)C4)n3n2)c(F)c1. The van der Waals surface area contributed by atoms with E-state index in [1.54, 1.807) is 30.7 Å². The summed E-state index contributed by atoms with van der Waals surface area (Å²) in [5.41, 5.74) is 8.63. The molecule has 0 spiro atoms. The lowest BCUT2D eigenvalue weighted by atomic mass is 9.92. The van der Waals surface area contributed by atoms with Crippen molar-refractivity contribution in [1.82, 2.24) is 19.6 Å². The minimum Gasteiger partial charge on any atom is -0.391 e. The number of ether oxygens (including phenoxy) is 1. The van der Waals surface area contributed by atoms with Crippen LogP contribution in [0.25, 0.3) is 16.8 Å². The molecule has 4 heterocycles. The van der Waals surface area contributed by atoms with Crippen LogP contribution in [0.4, 0.5) is 26.1 Å². The second-order valence-corrected chi connectivity index (χ2v) is 9.99. The lowest BCUT2D eigenvalue weighted by Gasteiger charge is -2.40. The molecule has 1 aliphatic heterocycles. The Morgan fingerprint density at radius 2 is 1.92 bits per heavy atom. The number of aromatic nitrogens is 4. The Morgan fingerprint density at radius 3 is 2.63 bits per heavy atom. The first-order valence-electron chi connectivity index (χ1n) is 12.6. The fourth-order valence-electron chi connectivity index (χ4n) is 4.71. The summed E-state index contributed by atoms with van der Waals surface area (Å²) in [4.78, 5) is 10.8. The summed E-state index contributed by atoms with van der Waals surface area (Å²) in [5.74, 6) is -1.10. The number of aliphatic hydroxyl groups excluding tert-OH is 1. The van der Waals surface area contributed by atoms with Crippen molar-refractivity contribution in [1.29, 1.82) is 0 Å². The molecule has 0 radical (unpaired) electrons. The molecule has 3 aromatic heterocycles. The van der Waals surface area contributed by atoms with Crippen molar-refractivity contribution in [3.8, 4) is 11.3 Å². The molecule has 0 unspecified atom stereocenters. The Kier molecular flexibility index (Phi) is 7.24. The van der Waals surface area contributed by atoms with Gasteiger partial charge in [-0.25, -0.2) is 13.8 Å². The molecule has 38 heavy (non-hydrogen) atoms. The maximum atomic E-state index is 15.0. The molecule has 1 saturated heterocycles. The van der Waals surface area contributed by atoms with E-state index in [1.807, 2.05) is 26.8 Å². The minimum atomic E-state index is -0.721. The molecule has 5 rings (SSSR count). The van der Waals surface area contributed by atoms with Crippen LogP contribution in [0, 0.1) is 17.6 Å². The van der Waals surface area contributed by atoms with Crippen LogP contribution in [-0.2, 0) is 11.3 Å². The van der Waals surface area contributed by atoms with E-state index in [1.165, 1.54) is 16.6 Å². The predicted molar refractivity (Wildman–Crippen MR) is 141 cm³/mol. The van der Waals surface area contributed by atoms with Gasteiger partial charge in [0.1, 0.15) is 11.6 Å². The Balaban J connectivity index is 1.46. The van der Waals surface area contributed by atoms with Crippen molar-refractivity contribution in [2.75, 3.05) is 23.3 Å². The molecule has 0 amide bonds. The van der Waals surface area contributed by atoms with Crippen molar-refractivity contribution < 1.29 is 18.6 Å². The smallest absolute Gasteiger partial charge is 0.229 e. The molecule has 200 valence electrons. The molecular weight excluding hydrogens is 492 g/mol. The van der Waals surface area contributed by atoms with E-state index in [-0.39, 0.29) is 35.9 Å². The summed E-state index contributed by atoms with van der Waals surface area (Å²) in [6.45, 7) is 6.89. The number of nitrogens with one attached hydrogen (secondary N) is 1. The van der Waals surface area contributed by atoms with Crippen molar-refractivity contribution in [3.63, 3.8) is 0 Å². The van der Waals surface area contributed by atoms with Gasteiger partial charge in [0.25, 0.3) is 0 Å². The molecule has 4 aromatic rings. The Hall–Kier alpha value is -3.67. The number of anilines is 3. The van der Waals surface area contributed by atoms with Gasteiger partial charge in [0.2, 0.25) is 5.95 Å². The number of nitrogens with two attached hydrogens (primary N) is 1. The van der Waals surface area contributed by atoms with Crippen LogP contribution in [-0.4, -0.2) is 56.0 Å². The van der Waals surface area contributed by atoms with E-state index in [9.17, 15) is 5.11 Å².